The molecule has 1 radical (unpaired) electrons. The Morgan fingerprint density at radius 3 is 1.83 bits per heavy atom. The van der Waals surface area contributed by atoms with Crippen LogP contribution in [0.1, 0.15) is 0 Å². The number of allylic oxidation sites excluding steroid dienone is 1. The monoisotopic (exact) mass is 176 g/mol. The number of hydrogen-bond donors (Lipinski definition) is 0. The van der Waals surface area contributed by atoms with E-state index in [-0.39, 0.29) is 33.6 Å². The molecule has 0 amide bonds. The number of carbonyl (C=O) groups excluding carboxylic acids is 1. The van der Waals surface area contributed by atoms with E-state index in [1.165, 1.54) is 6.29 Å². The minimum absolute atomic E-state index is 0. The van der Waals surface area contributed by atoms with Crippen molar-refractivity contribution in [3.63, 3.8) is 0 Å². The molecule has 0 fully saturated rings. The van der Waals surface area contributed by atoms with E-state index in [4.69, 9.17) is 4.79 Å². The molecule has 0 aliphatic carbocycles. The molecule has 0 aliphatic heterocycles. The van der Waals surface area contributed by atoms with Crippen LogP contribution in [-0.2, 0) is 38.4 Å². The predicted molar refractivity (Wildman–Crippen MR) is 15.9 cm³/mol. The molecule has 0 heterocycles. The molecule has 0 saturated heterocycles. The van der Waals surface area contributed by atoms with Crippen LogP contribution < -0.4 is 0 Å². The summed E-state index contributed by atoms with van der Waals surface area (Å²) >= 11 is 0. The van der Waals surface area contributed by atoms with Gasteiger partial charge >= 0.3 is 0 Å². The van der Waals surface area contributed by atoms with E-state index in [1.807, 2.05) is 0 Å². The zero-order valence-corrected chi connectivity index (χ0v) is 4.74. The van der Waals surface area contributed by atoms with Crippen molar-refractivity contribution in [3.8, 4) is 0 Å². The van der Waals surface area contributed by atoms with Crippen molar-refractivity contribution >= 4 is 6.29 Å². The summed E-state index contributed by atoms with van der Waals surface area (Å²) in [5.41, 5.74) is 0. The van der Waals surface area contributed by atoms with Crippen LogP contribution in [0.25, 0.3) is 0 Å². The maximum atomic E-state index is 8.93. The van der Waals surface area contributed by atoms with E-state index in [0.29, 0.717) is 0 Å². The Morgan fingerprint density at radius 1 is 1.67 bits per heavy atom. The van der Waals surface area contributed by atoms with E-state index in [0.717, 1.165) is 6.08 Å². The normalized spacial score (nSPS) is 3.33. The first kappa shape index (κ1) is 16.1. The molecule has 0 atom stereocenters. The average molecular weight is 177 g/mol. The van der Waals surface area contributed by atoms with Crippen LogP contribution in [0.15, 0.2) is 12.7 Å². The quantitative estimate of drug-likeness (QED) is 0.319. The second-order valence-electron chi connectivity index (χ2n) is 0.322. The third-order valence-corrected chi connectivity index (χ3v) is 0.0833. The van der Waals surface area contributed by atoms with Gasteiger partial charge in [-0.15, -0.1) is 0 Å². The molecule has 0 saturated carbocycles. The van der Waals surface area contributed by atoms with Gasteiger partial charge in [0.25, 0.3) is 0 Å². The third-order valence-electron chi connectivity index (χ3n) is 0.0833. The Kier molecular flexibility index (Phi) is 48.6. The van der Waals surface area contributed by atoms with Crippen LogP contribution in [0.5, 0.6) is 0 Å². The molecule has 0 aliphatic rings. The van der Waals surface area contributed by atoms with Crippen molar-refractivity contribution < 1.29 is 38.4 Å². The summed E-state index contributed by atoms with van der Waals surface area (Å²) < 4.78 is 0. The molecule has 1 nitrogen and oxygen atoms in total. The maximum Gasteiger partial charge on any atom is 0 e. The summed E-state index contributed by atoms with van der Waals surface area (Å²) in [4.78, 5) is 8.93. The van der Waals surface area contributed by atoms with Gasteiger partial charge in [-0.05, 0) is 6.29 Å². The van der Waals surface area contributed by atoms with Gasteiger partial charge in [0, 0.05) is 33.6 Å². The summed E-state index contributed by atoms with van der Waals surface area (Å²) in [7, 11) is 0. The van der Waals surface area contributed by atoms with Gasteiger partial charge < -0.3 is 4.79 Å². The number of hydrogen-bond acceptors (Lipinski definition) is 1. The minimum Gasteiger partial charge on any atom is -0.419 e. The van der Waals surface area contributed by atoms with E-state index in [2.05, 4.69) is 6.58 Å². The molecule has 0 spiro atoms. The van der Waals surface area contributed by atoms with Crippen molar-refractivity contribution in [2.75, 3.05) is 0 Å². The molecule has 0 aromatic heterocycles. The Morgan fingerprint density at radius 2 is 1.83 bits per heavy atom. The smallest absolute Gasteiger partial charge is 0 e. The third kappa shape index (κ3) is 25.6. The first-order valence-electron chi connectivity index (χ1n) is 0.901. The fourth-order valence-corrected chi connectivity index (χ4v) is 0. The van der Waals surface area contributed by atoms with E-state index < -0.39 is 0 Å². The van der Waals surface area contributed by atoms with Gasteiger partial charge in [-0.2, -0.15) is 0 Å². The van der Waals surface area contributed by atoms with Crippen LogP contribution in [-0.4, -0.2) is 6.29 Å². The molecule has 0 unspecified atom stereocenters. The molecule has 43 valence electrons. The standard InChI is InChI=1S/C3H3O.Cu.Ni/c1-2-3-4;;/h2H,1H2;;/q-1;;. The molecule has 0 bridgehead atoms. The molecule has 0 aromatic carbocycles. The summed E-state index contributed by atoms with van der Waals surface area (Å²) in [5.74, 6) is 0. The zero-order chi connectivity index (χ0) is 3.41. The van der Waals surface area contributed by atoms with Crippen molar-refractivity contribution in [2.24, 2.45) is 0 Å². The van der Waals surface area contributed by atoms with Crippen LogP contribution in [0, 0.1) is 0 Å². The SMILES string of the molecule is C=C[C-]=O.[Cu].[Ni]. The molecular weight excluding hydrogens is 174 g/mol. The van der Waals surface area contributed by atoms with Crippen LogP contribution in [0.3, 0.4) is 0 Å². The molecule has 0 rings (SSSR count). The predicted octanol–water partition coefficient (Wildman–Crippen LogP) is 0.277. The fourth-order valence-electron chi connectivity index (χ4n) is 0. The van der Waals surface area contributed by atoms with Crippen LogP contribution in [0.2, 0.25) is 0 Å². The first-order chi connectivity index (χ1) is 1.91. The minimum atomic E-state index is 0. The van der Waals surface area contributed by atoms with Gasteiger partial charge in [-0.1, -0.05) is 0 Å². The van der Waals surface area contributed by atoms with Crippen molar-refractivity contribution in [1.29, 1.82) is 0 Å². The van der Waals surface area contributed by atoms with Crippen LogP contribution in [0.4, 0.5) is 0 Å². The molecule has 0 aromatic rings. The Hall–Kier alpha value is 0.423. The van der Waals surface area contributed by atoms with E-state index in [1.54, 1.807) is 0 Å². The van der Waals surface area contributed by atoms with Gasteiger partial charge in [-0.25, -0.2) is 12.7 Å². The average Bonchev–Trinajstić information content (AvgIpc) is 1.37. The molecule has 0 N–H and O–H groups in total. The largest absolute Gasteiger partial charge is 0.419 e. The van der Waals surface area contributed by atoms with Crippen molar-refractivity contribution in [1.82, 2.24) is 0 Å². The van der Waals surface area contributed by atoms with Gasteiger partial charge in [-0.3, -0.25) is 0 Å². The fraction of sp³-hybridized carbons (Fsp3) is 0. The summed E-state index contributed by atoms with van der Waals surface area (Å²) in [5, 5.41) is 0. The van der Waals surface area contributed by atoms with Crippen molar-refractivity contribution in [3.05, 3.63) is 12.7 Å². The first-order valence-corrected chi connectivity index (χ1v) is 0.901. The second kappa shape index (κ2) is 18.1. The van der Waals surface area contributed by atoms with Crippen molar-refractivity contribution in [2.45, 2.75) is 0 Å². The maximum absolute atomic E-state index is 8.93. The summed E-state index contributed by atoms with van der Waals surface area (Å²) in [6, 6.07) is 0. The number of rotatable bonds is 1. The molecule has 6 heavy (non-hydrogen) atoms. The Bertz CT molecular complexity index is 31.8. The second-order valence-corrected chi connectivity index (χ2v) is 0.322. The topological polar surface area (TPSA) is 17.1 Å². The molecular formula is C3H3CuNiO-. The van der Waals surface area contributed by atoms with Crippen LogP contribution >= 0.6 is 0 Å². The Balaban J connectivity index is -0.0000000450. The summed E-state index contributed by atoms with van der Waals surface area (Å²) in [6.45, 7) is 3.06. The molecule has 3 heteroatoms. The van der Waals surface area contributed by atoms with E-state index in [9.17, 15) is 0 Å². The van der Waals surface area contributed by atoms with Gasteiger partial charge in [0.15, 0.2) is 0 Å². The van der Waals surface area contributed by atoms with Gasteiger partial charge in [0.2, 0.25) is 0 Å². The van der Waals surface area contributed by atoms with Gasteiger partial charge in [0.05, 0.1) is 0 Å². The zero-order valence-electron chi connectivity index (χ0n) is 2.81. The Labute approximate surface area is 57.6 Å². The van der Waals surface area contributed by atoms with E-state index >= 15 is 0 Å². The van der Waals surface area contributed by atoms with Gasteiger partial charge in [0.1, 0.15) is 0 Å². The summed E-state index contributed by atoms with van der Waals surface area (Å²) in [6.07, 6.45) is 2.51.